The van der Waals surface area contributed by atoms with Gasteiger partial charge in [-0.25, -0.2) is 9.37 Å². The number of carbonyl (C=O) groups excluding carboxylic acids is 1. The summed E-state index contributed by atoms with van der Waals surface area (Å²) < 4.78 is 23.2. The van der Waals surface area contributed by atoms with Crippen LogP contribution >= 0.6 is 23.1 Å². The Labute approximate surface area is 168 Å². The van der Waals surface area contributed by atoms with Gasteiger partial charge in [0, 0.05) is 19.0 Å². The normalized spacial score (nSPS) is 15.4. The first-order valence-corrected chi connectivity index (χ1v) is 10.6. The van der Waals surface area contributed by atoms with Gasteiger partial charge in [-0.2, -0.15) is 8.75 Å². The molecule has 142 valence electrons. The van der Waals surface area contributed by atoms with Crippen molar-refractivity contribution in [1.29, 1.82) is 0 Å². The van der Waals surface area contributed by atoms with Crippen LogP contribution in [0, 0.1) is 11.7 Å². The number of aromatic nitrogens is 3. The van der Waals surface area contributed by atoms with Gasteiger partial charge >= 0.3 is 0 Å². The maximum Gasteiger partial charge on any atom is 0.227 e. The lowest BCUT2D eigenvalue weighted by Crippen LogP contribution is -2.38. The largest absolute Gasteiger partial charge is 0.348 e. The van der Waals surface area contributed by atoms with Crippen molar-refractivity contribution in [2.24, 2.45) is 5.92 Å². The lowest BCUT2D eigenvalue weighted by molar-refractivity contribution is -0.120. The first kappa shape index (κ1) is 17.4. The van der Waals surface area contributed by atoms with Crippen molar-refractivity contribution in [3.05, 3.63) is 42.2 Å². The predicted octanol–water partition coefficient (Wildman–Crippen LogP) is 4.30. The number of benzene rings is 2. The molecule has 1 amide bonds. The quantitative estimate of drug-likeness (QED) is 0.542. The number of rotatable bonds is 3. The Balaban J connectivity index is 1.27. The summed E-state index contributed by atoms with van der Waals surface area (Å²) >= 11 is 2.63. The lowest BCUT2D eigenvalue weighted by atomic mass is 9.96. The molecule has 2 aromatic carbocycles. The Bertz CT molecular complexity index is 1170. The van der Waals surface area contributed by atoms with Crippen LogP contribution in [0.15, 0.2) is 36.4 Å². The molecule has 1 fully saturated rings. The number of fused-ring (bicyclic) bond motifs is 2. The van der Waals surface area contributed by atoms with E-state index in [0.29, 0.717) is 11.2 Å². The first-order valence-electron chi connectivity index (χ1n) is 9.01. The van der Waals surface area contributed by atoms with Crippen LogP contribution in [0.2, 0.25) is 0 Å². The van der Waals surface area contributed by atoms with E-state index in [4.69, 9.17) is 0 Å². The van der Waals surface area contributed by atoms with Gasteiger partial charge in [-0.05, 0) is 37.1 Å². The third-order valence-electron chi connectivity index (χ3n) is 5.04. The molecule has 5 rings (SSSR count). The van der Waals surface area contributed by atoms with Crippen LogP contribution < -0.4 is 10.2 Å². The molecule has 28 heavy (non-hydrogen) atoms. The van der Waals surface area contributed by atoms with Crippen molar-refractivity contribution in [3.63, 3.8) is 0 Å². The Morgan fingerprint density at radius 2 is 1.93 bits per heavy atom. The Morgan fingerprint density at radius 3 is 2.75 bits per heavy atom. The minimum absolute atomic E-state index is 0.00972. The van der Waals surface area contributed by atoms with Gasteiger partial charge in [-0.3, -0.25) is 4.79 Å². The van der Waals surface area contributed by atoms with Gasteiger partial charge in [0.2, 0.25) is 5.91 Å². The monoisotopic (exact) mass is 413 g/mol. The summed E-state index contributed by atoms with van der Waals surface area (Å²) in [4.78, 5) is 19.3. The highest BCUT2D eigenvalue weighted by atomic mass is 32.1. The second kappa shape index (κ2) is 7.06. The van der Waals surface area contributed by atoms with Gasteiger partial charge in [0.25, 0.3) is 0 Å². The summed E-state index contributed by atoms with van der Waals surface area (Å²) in [5, 5.41) is 3.83. The van der Waals surface area contributed by atoms with Gasteiger partial charge in [0.05, 0.1) is 22.1 Å². The highest BCUT2D eigenvalue weighted by Gasteiger charge is 2.27. The molecule has 4 aromatic rings. The number of hydrogen-bond donors (Lipinski definition) is 1. The zero-order chi connectivity index (χ0) is 19.1. The maximum atomic E-state index is 13.9. The topological polar surface area (TPSA) is 71.0 Å². The van der Waals surface area contributed by atoms with Gasteiger partial charge in [0.1, 0.15) is 22.4 Å². The van der Waals surface area contributed by atoms with Gasteiger partial charge in [-0.15, -0.1) is 0 Å². The second-order valence-electron chi connectivity index (χ2n) is 6.77. The molecular formula is C19H16FN5OS2. The number of nitrogens with zero attached hydrogens (tertiary/aromatic N) is 4. The average molecular weight is 414 g/mol. The van der Waals surface area contributed by atoms with Crippen LogP contribution in [-0.2, 0) is 4.79 Å². The van der Waals surface area contributed by atoms with Crippen LogP contribution in [-0.4, -0.2) is 32.7 Å². The Kier molecular flexibility index (Phi) is 4.40. The summed E-state index contributed by atoms with van der Waals surface area (Å²) in [6, 6.07) is 10.6. The van der Waals surface area contributed by atoms with Gasteiger partial charge in [0.15, 0.2) is 5.13 Å². The molecule has 0 bridgehead atoms. The average Bonchev–Trinajstić information content (AvgIpc) is 3.36. The van der Waals surface area contributed by atoms with E-state index in [1.54, 1.807) is 6.07 Å². The molecule has 0 aliphatic carbocycles. The van der Waals surface area contributed by atoms with Crippen LogP contribution in [0.25, 0.3) is 21.3 Å². The van der Waals surface area contributed by atoms with E-state index in [0.717, 1.165) is 58.5 Å². The molecule has 0 radical (unpaired) electrons. The molecular weight excluding hydrogens is 397 g/mol. The summed E-state index contributed by atoms with van der Waals surface area (Å²) in [7, 11) is 0. The molecule has 0 unspecified atom stereocenters. The van der Waals surface area contributed by atoms with Gasteiger partial charge < -0.3 is 10.2 Å². The summed E-state index contributed by atoms with van der Waals surface area (Å²) in [5.74, 6) is -0.348. The minimum atomic E-state index is -0.292. The number of anilines is 2. The van der Waals surface area contributed by atoms with E-state index < -0.39 is 0 Å². The minimum Gasteiger partial charge on any atom is -0.348 e. The lowest BCUT2D eigenvalue weighted by Gasteiger charge is -2.31. The van der Waals surface area contributed by atoms with Crippen molar-refractivity contribution >= 4 is 61.0 Å². The van der Waals surface area contributed by atoms with Crippen LogP contribution in [0.4, 0.5) is 15.2 Å². The highest BCUT2D eigenvalue weighted by Crippen LogP contribution is 2.33. The van der Waals surface area contributed by atoms with Gasteiger partial charge in [-0.1, -0.05) is 23.5 Å². The molecule has 1 aliphatic rings. The number of nitrogens with one attached hydrogen (secondary N) is 1. The molecule has 1 N–H and O–H groups in total. The smallest absolute Gasteiger partial charge is 0.227 e. The number of amides is 1. The Morgan fingerprint density at radius 1 is 1.11 bits per heavy atom. The van der Waals surface area contributed by atoms with Crippen molar-refractivity contribution in [1.82, 2.24) is 13.7 Å². The van der Waals surface area contributed by atoms with E-state index in [1.807, 2.05) is 24.3 Å². The molecule has 0 saturated carbocycles. The van der Waals surface area contributed by atoms with E-state index >= 15 is 0 Å². The fraction of sp³-hybridized carbons (Fsp3) is 0.263. The number of hydrogen-bond acceptors (Lipinski definition) is 7. The van der Waals surface area contributed by atoms with E-state index in [1.165, 1.54) is 17.4 Å². The predicted molar refractivity (Wildman–Crippen MR) is 111 cm³/mol. The summed E-state index contributed by atoms with van der Waals surface area (Å²) in [6.07, 6.45) is 1.46. The Hall–Kier alpha value is -2.65. The standard InChI is InChI=1S/C19H16FN5OS2/c20-12-3-1-6-15-16(12)22-19(27-15)25-9-7-11(8-10-25)18(26)21-13-4-2-5-14-17(13)24-28-23-14/h1-6,11H,7-10H2,(H,21,26). The molecule has 6 nitrogen and oxygen atoms in total. The van der Waals surface area contributed by atoms with Crippen LogP contribution in [0.1, 0.15) is 12.8 Å². The number of piperidine rings is 1. The third kappa shape index (κ3) is 3.10. The van der Waals surface area contributed by atoms with E-state index in [-0.39, 0.29) is 17.6 Å². The number of halogens is 1. The fourth-order valence-electron chi connectivity index (χ4n) is 3.51. The fourth-order valence-corrected chi connectivity index (χ4v) is 5.09. The zero-order valence-electron chi connectivity index (χ0n) is 14.8. The van der Waals surface area contributed by atoms with Crippen molar-refractivity contribution in [2.75, 3.05) is 23.3 Å². The van der Waals surface area contributed by atoms with Crippen molar-refractivity contribution in [3.8, 4) is 0 Å². The molecule has 1 aliphatic heterocycles. The number of thiazole rings is 1. The summed E-state index contributed by atoms with van der Waals surface area (Å²) in [5.41, 5.74) is 2.66. The highest BCUT2D eigenvalue weighted by molar-refractivity contribution is 7.22. The van der Waals surface area contributed by atoms with Crippen LogP contribution in [0.5, 0.6) is 0 Å². The number of carbonyl (C=O) groups is 1. The molecule has 0 atom stereocenters. The van der Waals surface area contributed by atoms with E-state index in [9.17, 15) is 9.18 Å². The molecule has 9 heteroatoms. The zero-order valence-corrected chi connectivity index (χ0v) is 16.4. The second-order valence-corrected chi connectivity index (χ2v) is 8.31. The molecule has 0 spiro atoms. The molecule has 2 aromatic heterocycles. The third-order valence-corrected chi connectivity index (χ3v) is 6.66. The van der Waals surface area contributed by atoms with E-state index in [2.05, 4.69) is 23.9 Å². The summed E-state index contributed by atoms with van der Waals surface area (Å²) in [6.45, 7) is 1.45. The van der Waals surface area contributed by atoms with Crippen molar-refractivity contribution < 1.29 is 9.18 Å². The number of para-hydroxylation sites is 1. The van der Waals surface area contributed by atoms with Crippen molar-refractivity contribution in [2.45, 2.75) is 12.8 Å². The molecule has 3 heterocycles. The van der Waals surface area contributed by atoms with Crippen LogP contribution in [0.3, 0.4) is 0 Å². The maximum absolute atomic E-state index is 13.9. The first-order chi connectivity index (χ1) is 13.7. The SMILES string of the molecule is O=C(Nc1cccc2nsnc12)C1CCN(c2nc3c(F)cccc3s2)CC1. The molecule has 1 saturated heterocycles.